The monoisotopic (exact) mass is 332 g/mol. The molecule has 0 saturated carbocycles. The molecule has 0 fully saturated rings. The zero-order valence-corrected chi connectivity index (χ0v) is 13.9. The van der Waals surface area contributed by atoms with E-state index < -0.39 is 10.0 Å². The highest BCUT2D eigenvalue weighted by Gasteiger charge is 2.15. The minimum atomic E-state index is -3.22. The Labute approximate surface area is 131 Å². The van der Waals surface area contributed by atoms with E-state index in [9.17, 15) is 13.2 Å². The van der Waals surface area contributed by atoms with E-state index in [1.807, 2.05) is 6.92 Å². The highest BCUT2D eigenvalue weighted by molar-refractivity contribution is 7.88. The summed E-state index contributed by atoms with van der Waals surface area (Å²) in [5.41, 5.74) is 0.866. The third kappa shape index (κ3) is 6.93. The second-order valence-electron chi connectivity index (χ2n) is 4.82. The third-order valence-electron chi connectivity index (χ3n) is 2.90. The molecule has 1 N–H and O–H groups in total. The molecule has 0 bridgehead atoms. The third-order valence-corrected chi connectivity index (χ3v) is 4.46. The molecule has 0 aromatic heterocycles. The van der Waals surface area contributed by atoms with E-state index in [-0.39, 0.29) is 12.3 Å². The Morgan fingerprint density at radius 1 is 1.24 bits per heavy atom. The predicted octanol–water partition coefficient (Wildman–Crippen LogP) is 1.67. The van der Waals surface area contributed by atoms with E-state index in [0.717, 1.165) is 12.0 Å². The Balaban J connectivity index is 2.40. The molecule has 0 aliphatic rings. The Bertz CT molecular complexity index is 558. The molecular formula is C14H21ClN2O3S. The highest BCUT2D eigenvalue weighted by atomic mass is 35.5. The number of sulfonamides is 1. The second-order valence-corrected chi connectivity index (χ2v) is 7.23. The van der Waals surface area contributed by atoms with Gasteiger partial charge in [-0.2, -0.15) is 0 Å². The van der Waals surface area contributed by atoms with Gasteiger partial charge in [0, 0.05) is 24.7 Å². The Morgan fingerprint density at radius 3 is 2.38 bits per heavy atom. The number of rotatable bonds is 8. The Morgan fingerprint density at radius 2 is 1.86 bits per heavy atom. The molecule has 1 amide bonds. The zero-order valence-electron chi connectivity index (χ0n) is 12.3. The molecular weight excluding hydrogens is 312 g/mol. The summed E-state index contributed by atoms with van der Waals surface area (Å²) < 4.78 is 24.4. The molecule has 0 spiro atoms. The molecule has 118 valence electrons. The lowest BCUT2D eigenvalue weighted by molar-refractivity contribution is -0.120. The summed E-state index contributed by atoms with van der Waals surface area (Å²) in [4.78, 5) is 11.8. The van der Waals surface area contributed by atoms with Crippen molar-refractivity contribution in [3.05, 3.63) is 34.9 Å². The molecule has 0 aliphatic carbocycles. The average Bonchev–Trinajstić information content (AvgIpc) is 2.39. The number of amides is 1. The number of nitrogens with one attached hydrogen (secondary N) is 1. The average molecular weight is 333 g/mol. The van der Waals surface area contributed by atoms with E-state index in [1.54, 1.807) is 24.3 Å². The van der Waals surface area contributed by atoms with Crippen LogP contribution in [0.4, 0.5) is 0 Å². The first-order valence-corrected chi connectivity index (χ1v) is 9.02. The van der Waals surface area contributed by atoms with Gasteiger partial charge in [0.15, 0.2) is 0 Å². The topological polar surface area (TPSA) is 66.5 Å². The van der Waals surface area contributed by atoms with Crippen molar-refractivity contribution in [1.82, 2.24) is 9.62 Å². The summed E-state index contributed by atoms with van der Waals surface area (Å²) in [7, 11) is -3.22. The number of nitrogens with zero attached hydrogens (tertiary/aromatic N) is 1. The minimum Gasteiger partial charge on any atom is -0.354 e. The van der Waals surface area contributed by atoms with Crippen molar-refractivity contribution in [3.63, 3.8) is 0 Å². The maximum absolute atomic E-state index is 11.8. The fourth-order valence-electron chi connectivity index (χ4n) is 1.86. The van der Waals surface area contributed by atoms with E-state index >= 15 is 0 Å². The molecule has 7 heteroatoms. The van der Waals surface area contributed by atoms with Crippen LogP contribution in [0.1, 0.15) is 18.9 Å². The van der Waals surface area contributed by atoms with Gasteiger partial charge >= 0.3 is 0 Å². The van der Waals surface area contributed by atoms with Gasteiger partial charge in [-0.3, -0.25) is 4.79 Å². The van der Waals surface area contributed by atoms with Crippen molar-refractivity contribution in [1.29, 1.82) is 0 Å². The molecule has 0 aliphatic heterocycles. The van der Waals surface area contributed by atoms with Crippen LogP contribution in [-0.4, -0.2) is 44.5 Å². The van der Waals surface area contributed by atoms with Crippen molar-refractivity contribution in [2.45, 2.75) is 19.8 Å². The molecule has 1 rings (SSSR count). The van der Waals surface area contributed by atoms with Crippen LogP contribution in [-0.2, 0) is 21.2 Å². The lowest BCUT2D eigenvalue weighted by atomic mass is 10.1. The van der Waals surface area contributed by atoms with E-state index in [4.69, 9.17) is 11.6 Å². The van der Waals surface area contributed by atoms with Crippen LogP contribution in [0.5, 0.6) is 0 Å². The van der Waals surface area contributed by atoms with Crippen LogP contribution in [0.25, 0.3) is 0 Å². The lowest BCUT2D eigenvalue weighted by Gasteiger charge is -2.19. The SMILES string of the molecule is CCCN(CCNC(=O)Cc1ccc(Cl)cc1)S(C)(=O)=O. The standard InChI is InChI=1S/C14H21ClN2O3S/c1-3-9-17(21(2,19)20)10-8-16-14(18)11-12-4-6-13(15)7-5-12/h4-7H,3,8-11H2,1-2H3,(H,16,18). The number of carbonyl (C=O) groups excluding carboxylic acids is 1. The first kappa shape index (κ1) is 17.9. The van der Waals surface area contributed by atoms with Crippen molar-refractivity contribution in [2.24, 2.45) is 0 Å². The Kier molecular flexibility index (Phi) is 7.14. The smallest absolute Gasteiger partial charge is 0.224 e. The number of hydrogen-bond acceptors (Lipinski definition) is 3. The van der Waals surface area contributed by atoms with Gasteiger partial charge in [-0.15, -0.1) is 0 Å². The van der Waals surface area contributed by atoms with Gasteiger partial charge in [0.1, 0.15) is 0 Å². The predicted molar refractivity (Wildman–Crippen MR) is 84.9 cm³/mol. The molecule has 0 unspecified atom stereocenters. The molecule has 0 saturated heterocycles. The largest absolute Gasteiger partial charge is 0.354 e. The van der Waals surface area contributed by atoms with Crippen molar-refractivity contribution in [3.8, 4) is 0 Å². The maximum Gasteiger partial charge on any atom is 0.224 e. The molecule has 1 aromatic carbocycles. The number of benzene rings is 1. The Hall–Kier alpha value is -1.11. The summed E-state index contributed by atoms with van der Waals surface area (Å²) >= 11 is 5.78. The van der Waals surface area contributed by atoms with Gasteiger partial charge in [-0.25, -0.2) is 12.7 Å². The van der Waals surface area contributed by atoms with Gasteiger partial charge in [-0.1, -0.05) is 30.7 Å². The van der Waals surface area contributed by atoms with E-state index in [1.165, 1.54) is 10.6 Å². The van der Waals surface area contributed by atoms with Crippen LogP contribution < -0.4 is 5.32 Å². The summed E-state index contributed by atoms with van der Waals surface area (Å²) in [6.07, 6.45) is 2.17. The van der Waals surface area contributed by atoms with Crippen molar-refractivity contribution in [2.75, 3.05) is 25.9 Å². The molecule has 0 heterocycles. The fraction of sp³-hybridized carbons (Fsp3) is 0.500. The first-order chi connectivity index (χ1) is 9.82. The number of carbonyl (C=O) groups is 1. The van der Waals surface area contributed by atoms with Gasteiger partial charge in [0.2, 0.25) is 15.9 Å². The van der Waals surface area contributed by atoms with Crippen LogP contribution >= 0.6 is 11.6 Å². The number of hydrogen-bond donors (Lipinski definition) is 1. The van der Waals surface area contributed by atoms with Gasteiger partial charge in [0.05, 0.1) is 12.7 Å². The maximum atomic E-state index is 11.8. The minimum absolute atomic E-state index is 0.137. The zero-order chi connectivity index (χ0) is 15.9. The summed E-state index contributed by atoms with van der Waals surface area (Å²) in [6.45, 7) is 2.97. The highest BCUT2D eigenvalue weighted by Crippen LogP contribution is 2.09. The van der Waals surface area contributed by atoms with Crippen molar-refractivity contribution >= 4 is 27.5 Å². The second kappa shape index (κ2) is 8.36. The summed E-state index contributed by atoms with van der Waals surface area (Å²) in [5.74, 6) is -0.137. The van der Waals surface area contributed by atoms with Gasteiger partial charge < -0.3 is 5.32 Å². The summed E-state index contributed by atoms with van der Waals surface area (Å²) in [5, 5.41) is 3.36. The molecule has 21 heavy (non-hydrogen) atoms. The van der Waals surface area contributed by atoms with Crippen LogP contribution in [0, 0.1) is 0 Å². The quantitative estimate of drug-likeness (QED) is 0.787. The lowest BCUT2D eigenvalue weighted by Crippen LogP contribution is -2.38. The summed E-state index contributed by atoms with van der Waals surface area (Å²) in [6, 6.07) is 7.05. The normalized spacial score (nSPS) is 11.6. The van der Waals surface area contributed by atoms with Crippen LogP contribution in [0.15, 0.2) is 24.3 Å². The van der Waals surface area contributed by atoms with Crippen molar-refractivity contribution < 1.29 is 13.2 Å². The number of halogens is 1. The van der Waals surface area contributed by atoms with Gasteiger partial charge in [-0.05, 0) is 24.1 Å². The van der Waals surface area contributed by atoms with E-state index in [2.05, 4.69) is 5.32 Å². The molecule has 0 atom stereocenters. The molecule has 0 radical (unpaired) electrons. The van der Waals surface area contributed by atoms with Crippen LogP contribution in [0.2, 0.25) is 5.02 Å². The molecule has 1 aromatic rings. The molecule has 5 nitrogen and oxygen atoms in total. The van der Waals surface area contributed by atoms with E-state index in [0.29, 0.717) is 24.7 Å². The first-order valence-electron chi connectivity index (χ1n) is 6.79. The fourth-order valence-corrected chi connectivity index (χ4v) is 2.93. The van der Waals surface area contributed by atoms with Gasteiger partial charge in [0.25, 0.3) is 0 Å². The van der Waals surface area contributed by atoms with Crippen LogP contribution in [0.3, 0.4) is 0 Å².